The van der Waals surface area contributed by atoms with E-state index in [1.807, 2.05) is 13.8 Å². The van der Waals surface area contributed by atoms with Gasteiger partial charge in [-0.3, -0.25) is 4.79 Å². The van der Waals surface area contributed by atoms with Crippen molar-refractivity contribution >= 4 is 23.5 Å². The highest BCUT2D eigenvalue weighted by Gasteiger charge is 2.35. The topological polar surface area (TPSA) is 57.6 Å². The molecule has 1 N–H and O–H groups in total. The number of carbonyl (C=O) groups excluding carboxylic acids is 1. The Kier molecular flexibility index (Phi) is 5.01. The predicted molar refractivity (Wildman–Crippen MR) is 97.2 cm³/mol. The lowest BCUT2D eigenvalue weighted by atomic mass is 10.0. The molecule has 0 saturated carbocycles. The Morgan fingerprint density at radius 2 is 1.92 bits per heavy atom. The van der Waals surface area contributed by atoms with E-state index in [-0.39, 0.29) is 23.6 Å². The lowest BCUT2D eigenvalue weighted by Gasteiger charge is -2.34. The van der Waals surface area contributed by atoms with Crippen LogP contribution in [0.25, 0.3) is 0 Å². The zero-order valence-corrected chi connectivity index (χ0v) is 15.3. The first kappa shape index (κ1) is 18.4. The molecule has 0 heterocycles. The minimum absolute atomic E-state index is 0.128. The van der Waals surface area contributed by atoms with Gasteiger partial charge in [-0.2, -0.15) is 0 Å². The van der Waals surface area contributed by atoms with Crippen LogP contribution in [0, 0.1) is 5.82 Å². The fourth-order valence-corrected chi connectivity index (χ4v) is 3.79. The zero-order chi connectivity index (χ0) is 19.0. The Bertz CT molecular complexity index is 881. The summed E-state index contributed by atoms with van der Waals surface area (Å²) in [5, 5.41) is 9.48. The maximum absolute atomic E-state index is 14.2. The van der Waals surface area contributed by atoms with Crippen molar-refractivity contribution in [3.63, 3.8) is 0 Å². The average molecular weight is 376 g/mol. The van der Waals surface area contributed by atoms with Crippen LogP contribution in [0.1, 0.15) is 58.2 Å². The van der Waals surface area contributed by atoms with Crippen LogP contribution in [0.5, 0.6) is 0 Å². The monoisotopic (exact) mass is 375 g/mol. The summed E-state index contributed by atoms with van der Waals surface area (Å²) >= 11 is 6.18. The van der Waals surface area contributed by atoms with Crippen LogP contribution in [-0.2, 0) is 6.42 Å². The summed E-state index contributed by atoms with van der Waals surface area (Å²) in [7, 11) is 0. The maximum Gasteiger partial charge on any atom is 0.338 e. The van der Waals surface area contributed by atoms with Crippen molar-refractivity contribution in [3.05, 3.63) is 69.5 Å². The second-order valence-electron chi connectivity index (χ2n) is 6.68. The van der Waals surface area contributed by atoms with Gasteiger partial charge in [0.15, 0.2) is 0 Å². The summed E-state index contributed by atoms with van der Waals surface area (Å²) in [4.78, 5) is 26.0. The quantitative estimate of drug-likeness (QED) is 0.841. The molecule has 0 aromatic heterocycles. The molecule has 1 atom stereocenters. The summed E-state index contributed by atoms with van der Waals surface area (Å²) in [6.45, 7) is 3.80. The van der Waals surface area contributed by atoms with E-state index in [4.69, 9.17) is 16.7 Å². The van der Waals surface area contributed by atoms with E-state index in [2.05, 4.69) is 0 Å². The summed E-state index contributed by atoms with van der Waals surface area (Å²) in [5.74, 6) is -2.29. The van der Waals surface area contributed by atoms with Crippen molar-refractivity contribution in [3.8, 4) is 0 Å². The molecule has 26 heavy (non-hydrogen) atoms. The molecule has 0 spiro atoms. The van der Waals surface area contributed by atoms with Crippen molar-refractivity contribution in [1.29, 1.82) is 0 Å². The van der Waals surface area contributed by atoms with Crippen LogP contribution in [0.2, 0.25) is 5.02 Å². The van der Waals surface area contributed by atoms with Crippen LogP contribution >= 0.6 is 11.6 Å². The van der Waals surface area contributed by atoms with Gasteiger partial charge in [-0.1, -0.05) is 23.7 Å². The number of aryl methyl sites for hydroxylation is 1. The SMILES string of the molecule is CC(C)N(C(=O)c1ccccc1Cl)[C@@H]1CCc2cc(C(=O)O)c(F)cc21. The van der Waals surface area contributed by atoms with Gasteiger partial charge in [0.05, 0.1) is 22.2 Å². The molecule has 1 aliphatic carbocycles. The largest absolute Gasteiger partial charge is 0.478 e. The van der Waals surface area contributed by atoms with E-state index >= 15 is 0 Å². The molecule has 0 aliphatic heterocycles. The lowest BCUT2D eigenvalue weighted by Crippen LogP contribution is -2.39. The third kappa shape index (κ3) is 3.19. The Balaban J connectivity index is 2.02. The van der Waals surface area contributed by atoms with Gasteiger partial charge in [0.2, 0.25) is 0 Å². The number of benzene rings is 2. The number of amides is 1. The minimum atomic E-state index is -1.29. The molecule has 1 amide bonds. The number of aromatic carboxylic acids is 1. The third-order valence-corrected chi connectivity index (χ3v) is 5.07. The van der Waals surface area contributed by atoms with Gasteiger partial charge in [0.1, 0.15) is 5.82 Å². The number of halogens is 2. The molecule has 4 nitrogen and oxygen atoms in total. The number of rotatable bonds is 4. The number of hydrogen-bond acceptors (Lipinski definition) is 2. The van der Waals surface area contributed by atoms with Crippen LogP contribution in [0.4, 0.5) is 4.39 Å². The molecule has 1 aliphatic rings. The van der Waals surface area contributed by atoms with Crippen LogP contribution in [-0.4, -0.2) is 27.9 Å². The molecule has 0 radical (unpaired) electrons. The van der Waals surface area contributed by atoms with Gasteiger partial charge in [-0.25, -0.2) is 9.18 Å². The highest BCUT2D eigenvalue weighted by molar-refractivity contribution is 6.33. The van der Waals surface area contributed by atoms with Gasteiger partial charge in [-0.15, -0.1) is 0 Å². The van der Waals surface area contributed by atoms with Gasteiger partial charge < -0.3 is 10.0 Å². The van der Waals surface area contributed by atoms with Gasteiger partial charge in [-0.05, 0) is 62.1 Å². The summed E-state index contributed by atoms with van der Waals surface area (Å²) in [6.07, 6.45) is 1.21. The molecule has 0 unspecified atom stereocenters. The molecular weight excluding hydrogens is 357 g/mol. The van der Waals surface area contributed by atoms with Gasteiger partial charge >= 0.3 is 5.97 Å². The predicted octanol–water partition coefficient (Wildman–Crippen LogP) is 4.72. The molecular formula is C20H19ClFNO3. The second kappa shape index (κ2) is 7.08. The average Bonchev–Trinajstić information content (AvgIpc) is 2.96. The fraction of sp³-hybridized carbons (Fsp3) is 0.300. The highest BCUT2D eigenvalue weighted by Crippen LogP contribution is 2.39. The lowest BCUT2D eigenvalue weighted by molar-refractivity contribution is 0.0604. The third-order valence-electron chi connectivity index (χ3n) is 4.74. The van der Waals surface area contributed by atoms with E-state index in [1.54, 1.807) is 29.2 Å². The van der Waals surface area contributed by atoms with Crippen LogP contribution < -0.4 is 0 Å². The number of nitrogens with zero attached hydrogens (tertiary/aromatic N) is 1. The summed E-state index contributed by atoms with van der Waals surface area (Å²) in [5.41, 5.74) is 1.50. The highest BCUT2D eigenvalue weighted by atomic mass is 35.5. The van der Waals surface area contributed by atoms with Gasteiger partial charge in [0.25, 0.3) is 5.91 Å². The number of hydrogen-bond donors (Lipinski definition) is 1. The maximum atomic E-state index is 14.2. The van der Waals surface area contributed by atoms with E-state index in [0.717, 1.165) is 5.56 Å². The zero-order valence-electron chi connectivity index (χ0n) is 14.5. The molecule has 0 saturated heterocycles. The molecule has 0 bridgehead atoms. The summed E-state index contributed by atoms with van der Waals surface area (Å²) in [6, 6.07) is 9.03. The van der Waals surface area contributed by atoms with Gasteiger partial charge in [0, 0.05) is 6.04 Å². The molecule has 136 valence electrons. The number of carboxylic acids is 1. The van der Waals surface area contributed by atoms with Crippen molar-refractivity contribution in [2.75, 3.05) is 0 Å². The van der Waals surface area contributed by atoms with Crippen molar-refractivity contribution < 1.29 is 19.1 Å². The normalized spacial score (nSPS) is 15.8. The first-order valence-electron chi connectivity index (χ1n) is 8.44. The molecule has 6 heteroatoms. The van der Waals surface area contributed by atoms with E-state index in [0.29, 0.717) is 29.0 Å². The second-order valence-corrected chi connectivity index (χ2v) is 7.08. The van der Waals surface area contributed by atoms with Crippen molar-refractivity contribution in [2.24, 2.45) is 0 Å². The molecule has 2 aromatic carbocycles. The standard InChI is InChI=1S/C20H19ClFNO3/c1-11(2)23(19(24)13-5-3-4-6-16(13)21)18-8-7-12-9-15(20(25)26)17(22)10-14(12)18/h3-6,9-11,18H,7-8H2,1-2H3,(H,25,26)/t18-/m1/s1. The fourth-order valence-electron chi connectivity index (χ4n) is 3.57. The Labute approximate surface area is 156 Å². The molecule has 2 aromatic rings. The first-order chi connectivity index (χ1) is 12.3. The number of carbonyl (C=O) groups is 2. The Morgan fingerprint density at radius 3 is 2.54 bits per heavy atom. The van der Waals surface area contributed by atoms with Crippen molar-refractivity contribution in [1.82, 2.24) is 4.90 Å². The first-order valence-corrected chi connectivity index (χ1v) is 8.82. The summed E-state index contributed by atoms with van der Waals surface area (Å²) < 4.78 is 14.2. The van der Waals surface area contributed by atoms with Crippen LogP contribution in [0.15, 0.2) is 36.4 Å². The van der Waals surface area contributed by atoms with E-state index in [1.165, 1.54) is 12.1 Å². The Morgan fingerprint density at radius 1 is 1.23 bits per heavy atom. The number of carboxylic acid groups (broad SMARTS) is 1. The van der Waals surface area contributed by atoms with Crippen LogP contribution in [0.3, 0.4) is 0 Å². The molecule has 3 rings (SSSR count). The smallest absolute Gasteiger partial charge is 0.338 e. The van der Waals surface area contributed by atoms with E-state index in [9.17, 15) is 14.0 Å². The van der Waals surface area contributed by atoms with Crippen molar-refractivity contribution in [2.45, 2.75) is 38.8 Å². The number of fused-ring (bicyclic) bond motifs is 1. The minimum Gasteiger partial charge on any atom is -0.478 e. The van der Waals surface area contributed by atoms with E-state index < -0.39 is 11.8 Å². The Hall–Kier alpha value is -2.40. The molecule has 0 fully saturated rings.